The number of nitrogens with one attached hydrogen (secondary N) is 1. The number of benzene rings is 1. The topological polar surface area (TPSA) is 54.9 Å². The standard InChI is InChI=1S/C16H11ClN2O2S2/c17-8-2-1-3-9(6-8)19-15(21)13-11-5-4-10(20)7-12(11)23-14(13)18-16(19)22/h1-3,6H,4-5,7H2,(H,18,22). The average molecular weight is 363 g/mol. The third-order valence-electron chi connectivity index (χ3n) is 4.01. The molecule has 2 aromatic heterocycles. The molecule has 0 atom stereocenters. The summed E-state index contributed by atoms with van der Waals surface area (Å²) in [5, 5.41) is 1.19. The van der Waals surface area contributed by atoms with Crippen LogP contribution in [0.2, 0.25) is 5.02 Å². The van der Waals surface area contributed by atoms with Crippen molar-refractivity contribution in [2.45, 2.75) is 19.3 Å². The molecule has 1 aliphatic rings. The van der Waals surface area contributed by atoms with E-state index in [1.54, 1.807) is 24.3 Å². The van der Waals surface area contributed by atoms with Gasteiger partial charge in [0.05, 0.1) is 11.1 Å². The van der Waals surface area contributed by atoms with Crippen molar-refractivity contribution in [3.63, 3.8) is 0 Å². The van der Waals surface area contributed by atoms with E-state index in [4.69, 9.17) is 23.8 Å². The van der Waals surface area contributed by atoms with Gasteiger partial charge >= 0.3 is 0 Å². The second-order valence-corrected chi connectivity index (χ2v) is 7.40. The molecule has 23 heavy (non-hydrogen) atoms. The Morgan fingerprint density at radius 3 is 2.87 bits per heavy atom. The first-order valence-corrected chi connectivity index (χ1v) is 8.72. The molecule has 116 valence electrons. The summed E-state index contributed by atoms with van der Waals surface area (Å²) in [5.74, 6) is 0.220. The molecule has 0 bridgehead atoms. The number of rotatable bonds is 1. The molecule has 2 heterocycles. The highest BCUT2D eigenvalue weighted by atomic mass is 35.5. The fourth-order valence-corrected chi connectivity index (χ4v) is 4.78. The van der Waals surface area contributed by atoms with Crippen molar-refractivity contribution < 1.29 is 4.79 Å². The monoisotopic (exact) mass is 362 g/mol. The summed E-state index contributed by atoms with van der Waals surface area (Å²) in [7, 11) is 0. The Morgan fingerprint density at radius 1 is 1.26 bits per heavy atom. The summed E-state index contributed by atoms with van der Waals surface area (Å²) >= 11 is 12.8. The molecule has 0 amide bonds. The minimum absolute atomic E-state index is 0.155. The number of thiophene rings is 1. The van der Waals surface area contributed by atoms with E-state index in [0.717, 1.165) is 15.3 Å². The summed E-state index contributed by atoms with van der Waals surface area (Å²) < 4.78 is 1.79. The normalized spacial score (nSPS) is 14.2. The number of H-pyrrole nitrogens is 1. The third kappa shape index (κ3) is 2.38. The number of aromatic amines is 1. The van der Waals surface area contributed by atoms with Gasteiger partial charge in [-0.1, -0.05) is 17.7 Å². The van der Waals surface area contributed by atoms with E-state index >= 15 is 0 Å². The number of Topliss-reactive ketones (excluding diaryl/α,β-unsaturated/α-hetero) is 1. The zero-order valence-electron chi connectivity index (χ0n) is 11.9. The summed E-state index contributed by atoms with van der Waals surface area (Å²) in [6, 6.07) is 7.04. The minimum Gasteiger partial charge on any atom is -0.323 e. The van der Waals surface area contributed by atoms with Gasteiger partial charge in [0.15, 0.2) is 4.77 Å². The summed E-state index contributed by atoms with van der Waals surface area (Å²) in [6.07, 6.45) is 1.51. The maximum Gasteiger partial charge on any atom is 0.267 e. The minimum atomic E-state index is -0.155. The molecule has 1 aliphatic carbocycles. The molecule has 0 aliphatic heterocycles. The van der Waals surface area contributed by atoms with Crippen LogP contribution in [0.15, 0.2) is 29.1 Å². The van der Waals surface area contributed by atoms with Crippen LogP contribution in [-0.2, 0) is 17.6 Å². The van der Waals surface area contributed by atoms with Crippen LogP contribution in [-0.4, -0.2) is 15.3 Å². The third-order valence-corrected chi connectivity index (χ3v) is 5.68. The smallest absolute Gasteiger partial charge is 0.267 e. The number of aryl methyl sites for hydroxylation is 1. The van der Waals surface area contributed by atoms with Crippen molar-refractivity contribution in [3.05, 3.63) is 54.9 Å². The average Bonchev–Trinajstić information content (AvgIpc) is 2.84. The fourth-order valence-electron chi connectivity index (χ4n) is 2.97. The van der Waals surface area contributed by atoms with Crippen LogP contribution < -0.4 is 5.56 Å². The van der Waals surface area contributed by atoms with Crippen LogP contribution in [0.4, 0.5) is 0 Å². The lowest BCUT2D eigenvalue weighted by molar-refractivity contribution is -0.118. The molecule has 1 N–H and O–H groups in total. The van der Waals surface area contributed by atoms with Crippen LogP contribution in [0.25, 0.3) is 15.9 Å². The molecule has 7 heteroatoms. The molecule has 3 aromatic rings. The van der Waals surface area contributed by atoms with Gasteiger partial charge in [0.25, 0.3) is 5.56 Å². The lowest BCUT2D eigenvalue weighted by atomic mass is 9.96. The predicted molar refractivity (Wildman–Crippen MR) is 94.6 cm³/mol. The number of carbonyl (C=O) groups is 1. The number of ketones is 1. The highest BCUT2D eigenvalue weighted by molar-refractivity contribution is 7.71. The zero-order chi connectivity index (χ0) is 16.1. The van der Waals surface area contributed by atoms with E-state index in [0.29, 0.717) is 40.1 Å². The number of halogens is 1. The van der Waals surface area contributed by atoms with Crippen molar-refractivity contribution in [3.8, 4) is 5.69 Å². The molecule has 0 radical (unpaired) electrons. The van der Waals surface area contributed by atoms with Gasteiger partial charge < -0.3 is 4.98 Å². The predicted octanol–water partition coefficient (Wildman–Crippen LogP) is 3.82. The second-order valence-electron chi connectivity index (χ2n) is 5.47. The molecule has 0 fully saturated rings. The molecule has 0 saturated carbocycles. The van der Waals surface area contributed by atoms with Crippen molar-refractivity contribution in [1.29, 1.82) is 0 Å². The highest BCUT2D eigenvalue weighted by Gasteiger charge is 2.23. The van der Waals surface area contributed by atoms with Crippen LogP contribution in [0, 0.1) is 4.77 Å². The maximum absolute atomic E-state index is 13.0. The SMILES string of the molecule is O=C1CCc2c(sc3[nH]c(=S)n(-c4cccc(Cl)c4)c(=O)c23)C1. The van der Waals surface area contributed by atoms with Crippen LogP contribution >= 0.6 is 35.2 Å². The lowest BCUT2D eigenvalue weighted by Gasteiger charge is -2.10. The molecule has 0 unspecified atom stereocenters. The first-order valence-electron chi connectivity index (χ1n) is 7.12. The number of aromatic nitrogens is 2. The molecular weight excluding hydrogens is 352 g/mol. The van der Waals surface area contributed by atoms with Crippen molar-refractivity contribution >= 4 is 51.2 Å². The molecular formula is C16H11ClN2O2S2. The maximum atomic E-state index is 13.0. The Morgan fingerprint density at radius 2 is 2.09 bits per heavy atom. The van der Waals surface area contributed by atoms with Crippen LogP contribution in [0.1, 0.15) is 16.9 Å². The van der Waals surface area contributed by atoms with Gasteiger partial charge in [0.2, 0.25) is 0 Å². The Hall–Kier alpha value is -1.76. The van der Waals surface area contributed by atoms with E-state index in [1.165, 1.54) is 15.9 Å². The van der Waals surface area contributed by atoms with Gasteiger partial charge in [0.1, 0.15) is 10.6 Å². The molecule has 4 rings (SSSR count). The highest BCUT2D eigenvalue weighted by Crippen LogP contribution is 2.32. The Balaban J connectivity index is 2.06. The van der Waals surface area contributed by atoms with Crippen molar-refractivity contribution in [1.82, 2.24) is 9.55 Å². The number of hydrogen-bond donors (Lipinski definition) is 1. The van der Waals surface area contributed by atoms with Gasteiger partial charge in [0, 0.05) is 22.7 Å². The zero-order valence-corrected chi connectivity index (χ0v) is 14.3. The summed E-state index contributed by atoms with van der Waals surface area (Å²) in [6.45, 7) is 0. The number of nitrogens with zero attached hydrogens (tertiary/aromatic N) is 1. The number of carbonyl (C=O) groups excluding carboxylic acids is 1. The largest absolute Gasteiger partial charge is 0.323 e. The summed E-state index contributed by atoms with van der Waals surface area (Å²) in [5.41, 5.74) is 1.46. The number of hydrogen-bond acceptors (Lipinski definition) is 4. The van der Waals surface area contributed by atoms with Crippen molar-refractivity contribution in [2.24, 2.45) is 0 Å². The van der Waals surface area contributed by atoms with E-state index < -0.39 is 0 Å². The Kier molecular flexibility index (Phi) is 3.48. The quantitative estimate of drug-likeness (QED) is 0.669. The first kappa shape index (κ1) is 14.8. The molecule has 0 spiro atoms. The van der Waals surface area contributed by atoms with Crippen LogP contribution in [0.3, 0.4) is 0 Å². The van der Waals surface area contributed by atoms with E-state index in [1.807, 2.05) is 0 Å². The number of fused-ring (bicyclic) bond motifs is 3. The van der Waals surface area contributed by atoms with E-state index in [9.17, 15) is 9.59 Å². The second kappa shape index (κ2) is 5.40. The van der Waals surface area contributed by atoms with Gasteiger partial charge in [-0.25, -0.2) is 0 Å². The Bertz CT molecular complexity index is 1080. The van der Waals surface area contributed by atoms with Gasteiger partial charge in [-0.2, -0.15) is 0 Å². The molecule has 1 aromatic carbocycles. The van der Waals surface area contributed by atoms with Gasteiger partial charge in [-0.3, -0.25) is 14.2 Å². The Labute approximate surface area is 145 Å². The van der Waals surface area contributed by atoms with Crippen LogP contribution in [0.5, 0.6) is 0 Å². The van der Waals surface area contributed by atoms with E-state index in [2.05, 4.69) is 4.98 Å². The summed E-state index contributed by atoms with van der Waals surface area (Å²) in [4.78, 5) is 29.5. The van der Waals surface area contributed by atoms with Gasteiger partial charge in [-0.05, 0) is 42.4 Å². The molecule has 0 saturated heterocycles. The first-order chi connectivity index (χ1) is 11.0. The van der Waals surface area contributed by atoms with Gasteiger partial charge in [-0.15, -0.1) is 11.3 Å². The molecule has 4 nitrogen and oxygen atoms in total. The van der Waals surface area contributed by atoms with Crippen molar-refractivity contribution in [2.75, 3.05) is 0 Å². The fraction of sp³-hybridized carbons (Fsp3) is 0.188. The van der Waals surface area contributed by atoms with E-state index in [-0.39, 0.29) is 11.3 Å². The lowest BCUT2D eigenvalue weighted by Crippen LogP contribution is -2.21.